The van der Waals surface area contributed by atoms with Crippen molar-refractivity contribution in [2.24, 2.45) is 5.92 Å². The molecule has 4 nitrogen and oxygen atoms in total. The molecule has 2 aliphatic heterocycles. The Kier molecular flexibility index (Phi) is 8.86. The fourth-order valence-corrected chi connectivity index (χ4v) is 3.12. The number of likely N-dealkylation sites (tertiary alicyclic amines) is 2. The van der Waals surface area contributed by atoms with Gasteiger partial charge in [0.05, 0.1) is 6.54 Å². The van der Waals surface area contributed by atoms with Crippen molar-refractivity contribution < 1.29 is 4.79 Å². The van der Waals surface area contributed by atoms with E-state index in [0.717, 1.165) is 19.0 Å². The lowest BCUT2D eigenvalue weighted by Crippen LogP contribution is -2.43. The monoisotopic (exact) mass is 283 g/mol. The average Bonchev–Trinajstić information content (AvgIpc) is 2.52. The molecule has 20 heavy (non-hydrogen) atoms. The summed E-state index contributed by atoms with van der Waals surface area (Å²) in [5.41, 5.74) is 0. The minimum absolute atomic E-state index is 0.143. The lowest BCUT2D eigenvalue weighted by atomic mass is 9.95. The molecule has 0 radical (unpaired) electrons. The summed E-state index contributed by atoms with van der Waals surface area (Å²) in [5.74, 6) is 0.994. The molecule has 2 aliphatic rings. The van der Waals surface area contributed by atoms with Crippen LogP contribution in [0.5, 0.6) is 0 Å². The van der Waals surface area contributed by atoms with Crippen LogP contribution < -0.4 is 5.32 Å². The van der Waals surface area contributed by atoms with Crippen LogP contribution in [0.15, 0.2) is 0 Å². The number of hydrogen-bond acceptors (Lipinski definition) is 3. The zero-order valence-electron chi connectivity index (χ0n) is 13.7. The molecule has 0 aromatic rings. The Morgan fingerprint density at radius 3 is 2.15 bits per heavy atom. The lowest BCUT2D eigenvalue weighted by molar-refractivity contribution is -0.122. The van der Waals surface area contributed by atoms with E-state index in [1.165, 1.54) is 51.7 Å². The number of likely N-dealkylation sites (N-methyl/N-ethyl adjacent to an activating group) is 1. The Morgan fingerprint density at radius 2 is 1.60 bits per heavy atom. The van der Waals surface area contributed by atoms with E-state index in [1.807, 2.05) is 13.8 Å². The Bertz CT molecular complexity index is 256. The number of hydrogen-bond donors (Lipinski definition) is 1. The first kappa shape index (κ1) is 17.4. The predicted molar refractivity (Wildman–Crippen MR) is 84.9 cm³/mol. The average molecular weight is 283 g/mol. The van der Waals surface area contributed by atoms with Gasteiger partial charge in [-0.25, -0.2) is 0 Å². The molecule has 2 rings (SSSR count). The second-order valence-corrected chi connectivity index (χ2v) is 5.75. The molecule has 0 unspecified atom stereocenters. The number of nitrogens with zero attached hydrogens (tertiary/aromatic N) is 2. The van der Waals surface area contributed by atoms with Crippen molar-refractivity contribution >= 4 is 5.91 Å². The summed E-state index contributed by atoms with van der Waals surface area (Å²) in [6, 6.07) is 0. The van der Waals surface area contributed by atoms with Gasteiger partial charge < -0.3 is 10.2 Å². The standard InChI is InChI=1S/C14H27N3O.C2H6/c1-15-14(18)12-17-9-5-13(6-10-17)11-16-7-3-2-4-8-16;1-2/h13H,2-12H2,1H3,(H,15,18);1-2H3. The van der Waals surface area contributed by atoms with Gasteiger partial charge in [0.25, 0.3) is 0 Å². The van der Waals surface area contributed by atoms with Crippen LogP contribution in [0.1, 0.15) is 46.0 Å². The number of carbonyl (C=O) groups excluding carboxylic acids is 1. The molecular formula is C16H33N3O. The third-order valence-corrected chi connectivity index (χ3v) is 4.32. The van der Waals surface area contributed by atoms with E-state index in [0.29, 0.717) is 6.54 Å². The van der Waals surface area contributed by atoms with Gasteiger partial charge in [0.2, 0.25) is 5.91 Å². The second-order valence-electron chi connectivity index (χ2n) is 5.75. The maximum Gasteiger partial charge on any atom is 0.233 e. The molecule has 0 saturated carbocycles. The number of rotatable bonds is 4. The molecule has 1 amide bonds. The highest BCUT2D eigenvalue weighted by atomic mass is 16.1. The minimum Gasteiger partial charge on any atom is -0.358 e. The third-order valence-electron chi connectivity index (χ3n) is 4.32. The fraction of sp³-hybridized carbons (Fsp3) is 0.938. The summed E-state index contributed by atoms with van der Waals surface area (Å²) in [6.07, 6.45) is 6.70. The first-order chi connectivity index (χ1) is 9.78. The Balaban J connectivity index is 0.000000956. The Labute approximate surface area is 124 Å². The normalized spacial score (nSPS) is 21.9. The molecule has 2 heterocycles. The molecule has 1 N–H and O–H groups in total. The molecule has 0 bridgehead atoms. The molecular weight excluding hydrogens is 250 g/mol. The molecule has 0 aromatic heterocycles. The predicted octanol–water partition coefficient (Wildman–Crippen LogP) is 1.96. The maximum absolute atomic E-state index is 11.3. The molecule has 2 saturated heterocycles. The smallest absolute Gasteiger partial charge is 0.233 e. The van der Waals surface area contributed by atoms with Crippen LogP contribution in [-0.4, -0.2) is 62.0 Å². The minimum atomic E-state index is 0.143. The second kappa shape index (κ2) is 10.2. The molecule has 0 aliphatic carbocycles. The van der Waals surface area contributed by atoms with Crippen LogP contribution in [0.3, 0.4) is 0 Å². The van der Waals surface area contributed by atoms with Crippen LogP contribution in [0, 0.1) is 5.92 Å². The van der Waals surface area contributed by atoms with Crippen LogP contribution in [0.2, 0.25) is 0 Å². The van der Waals surface area contributed by atoms with Crippen molar-refractivity contribution in [3.05, 3.63) is 0 Å². The van der Waals surface area contributed by atoms with Gasteiger partial charge in [-0.1, -0.05) is 20.3 Å². The summed E-state index contributed by atoms with van der Waals surface area (Å²) >= 11 is 0. The van der Waals surface area contributed by atoms with Crippen LogP contribution in [-0.2, 0) is 4.79 Å². The van der Waals surface area contributed by atoms with E-state index in [-0.39, 0.29) is 5.91 Å². The highest BCUT2D eigenvalue weighted by Gasteiger charge is 2.22. The number of carbonyl (C=O) groups is 1. The van der Waals surface area contributed by atoms with Crippen molar-refractivity contribution in [3.63, 3.8) is 0 Å². The molecule has 4 heteroatoms. The summed E-state index contributed by atoms with van der Waals surface area (Å²) in [7, 11) is 1.71. The Morgan fingerprint density at radius 1 is 1.00 bits per heavy atom. The summed E-state index contributed by atoms with van der Waals surface area (Å²) in [6.45, 7) is 10.6. The van der Waals surface area contributed by atoms with Crippen molar-refractivity contribution in [2.75, 3.05) is 46.3 Å². The van der Waals surface area contributed by atoms with E-state index in [1.54, 1.807) is 7.05 Å². The van der Waals surface area contributed by atoms with Crippen molar-refractivity contribution in [3.8, 4) is 0 Å². The molecule has 0 spiro atoms. The van der Waals surface area contributed by atoms with E-state index >= 15 is 0 Å². The zero-order valence-corrected chi connectivity index (χ0v) is 13.7. The first-order valence-corrected chi connectivity index (χ1v) is 8.43. The SMILES string of the molecule is CC.CNC(=O)CN1CCC(CN2CCCCC2)CC1. The van der Waals surface area contributed by atoms with Gasteiger partial charge in [-0.05, 0) is 57.8 Å². The van der Waals surface area contributed by atoms with Crippen molar-refractivity contribution in [2.45, 2.75) is 46.0 Å². The fourth-order valence-electron chi connectivity index (χ4n) is 3.12. The highest BCUT2D eigenvalue weighted by Crippen LogP contribution is 2.20. The molecule has 0 atom stereocenters. The van der Waals surface area contributed by atoms with Gasteiger partial charge in [0, 0.05) is 13.6 Å². The van der Waals surface area contributed by atoms with Gasteiger partial charge in [0.1, 0.15) is 0 Å². The molecule has 118 valence electrons. The zero-order chi connectivity index (χ0) is 14.8. The van der Waals surface area contributed by atoms with E-state index < -0.39 is 0 Å². The number of amides is 1. The van der Waals surface area contributed by atoms with E-state index in [4.69, 9.17) is 0 Å². The molecule has 0 aromatic carbocycles. The highest BCUT2D eigenvalue weighted by molar-refractivity contribution is 5.77. The topological polar surface area (TPSA) is 35.6 Å². The van der Waals surface area contributed by atoms with Crippen LogP contribution >= 0.6 is 0 Å². The van der Waals surface area contributed by atoms with Gasteiger partial charge >= 0.3 is 0 Å². The van der Waals surface area contributed by atoms with Crippen molar-refractivity contribution in [1.82, 2.24) is 15.1 Å². The maximum atomic E-state index is 11.3. The number of nitrogens with one attached hydrogen (secondary N) is 1. The number of piperidine rings is 2. The summed E-state index contributed by atoms with van der Waals surface area (Å²) in [5, 5.41) is 2.70. The summed E-state index contributed by atoms with van der Waals surface area (Å²) in [4.78, 5) is 16.2. The third kappa shape index (κ3) is 6.23. The van der Waals surface area contributed by atoms with E-state index in [2.05, 4.69) is 15.1 Å². The summed E-state index contributed by atoms with van der Waals surface area (Å²) < 4.78 is 0. The molecule has 2 fully saturated rings. The lowest BCUT2D eigenvalue weighted by Gasteiger charge is -2.35. The Hall–Kier alpha value is -0.610. The van der Waals surface area contributed by atoms with Crippen LogP contribution in [0.4, 0.5) is 0 Å². The van der Waals surface area contributed by atoms with E-state index in [9.17, 15) is 4.79 Å². The van der Waals surface area contributed by atoms with Gasteiger partial charge in [-0.3, -0.25) is 9.69 Å². The van der Waals surface area contributed by atoms with Gasteiger partial charge in [0.15, 0.2) is 0 Å². The van der Waals surface area contributed by atoms with Gasteiger partial charge in [-0.15, -0.1) is 0 Å². The largest absolute Gasteiger partial charge is 0.358 e. The van der Waals surface area contributed by atoms with Gasteiger partial charge in [-0.2, -0.15) is 0 Å². The quantitative estimate of drug-likeness (QED) is 0.856. The van der Waals surface area contributed by atoms with Crippen LogP contribution in [0.25, 0.3) is 0 Å². The van der Waals surface area contributed by atoms with Crippen molar-refractivity contribution in [1.29, 1.82) is 0 Å². The first-order valence-electron chi connectivity index (χ1n) is 8.43.